The quantitative estimate of drug-likeness (QED) is 0.348. The van der Waals surface area contributed by atoms with Gasteiger partial charge in [0.1, 0.15) is 0 Å². The molecule has 0 aliphatic carbocycles. The molecule has 2 rings (SSSR count). The summed E-state index contributed by atoms with van der Waals surface area (Å²) in [6, 6.07) is 0.466. The Hall–Kier alpha value is -0.0900. The van der Waals surface area contributed by atoms with Gasteiger partial charge in [0.2, 0.25) is 0 Å². The van der Waals surface area contributed by atoms with Gasteiger partial charge in [0.25, 0.3) is 0 Å². The van der Waals surface area contributed by atoms with E-state index in [-0.39, 0.29) is 29.9 Å². The lowest BCUT2D eigenvalue weighted by Gasteiger charge is -2.32. The molecule has 2 fully saturated rings. The normalized spacial score (nSPS) is 25.2. The number of aliphatic imine (C=N–C) groups is 1. The highest BCUT2D eigenvalue weighted by Gasteiger charge is 2.27. The molecule has 1 unspecified atom stereocenters. The van der Waals surface area contributed by atoms with Crippen LogP contribution in [0.2, 0.25) is 0 Å². The second-order valence-electron chi connectivity index (χ2n) is 6.75. The van der Waals surface area contributed by atoms with E-state index in [1.165, 1.54) is 13.0 Å². The van der Waals surface area contributed by atoms with Crippen molar-refractivity contribution in [3.8, 4) is 0 Å². The minimum absolute atomic E-state index is 0. The zero-order valence-corrected chi connectivity index (χ0v) is 18.1. The maximum Gasteiger partial charge on any atom is 0.191 e. The summed E-state index contributed by atoms with van der Waals surface area (Å²) in [7, 11) is -2.81. The summed E-state index contributed by atoms with van der Waals surface area (Å²) in [5, 5.41) is 6.81. The van der Waals surface area contributed by atoms with Crippen molar-refractivity contribution in [3.63, 3.8) is 0 Å². The van der Waals surface area contributed by atoms with Crippen LogP contribution >= 0.6 is 24.0 Å². The van der Waals surface area contributed by atoms with Crippen LogP contribution in [-0.4, -0.2) is 69.5 Å². The van der Waals surface area contributed by atoms with Gasteiger partial charge < -0.3 is 15.5 Å². The van der Waals surface area contributed by atoms with Gasteiger partial charge in [0.15, 0.2) is 15.8 Å². The van der Waals surface area contributed by atoms with Crippen LogP contribution in [-0.2, 0) is 9.84 Å². The molecule has 0 spiro atoms. The molecule has 2 N–H and O–H groups in total. The summed E-state index contributed by atoms with van der Waals surface area (Å²) >= 11 is 0. The second kappa shape index (κ2) is 10.8. The Kier molecular flexibility index (Phi) is 9.88. The fraction of sp³-hybridized carbons (Fsp3) is 0.938. The van der Waals surface area contributed by atoms with Gasteiger partial charge in [-0.1, -0.05) is 6.92 Å². The third-order valence-corrected chi connectivity index (χ3v) is 6.48. The Morgan fingerprint density at radius 1 is 1.21 bits per heavy atom. The number of sulfone groups is 1. The first kappa shape index (κ1) is 22.0. The first-order chi connectivity index (χ1) is 11.0. The van der Waals surface area contributed by atoms with Crippen molar-refractivity contribution in [1.82, 2.24) is 15.5 Å². The van der Waals surface area contributed by atoms with Crippen molar-refractivity contribution < 1.29 is 8.42 Å². The predicted molar refractivity (Wildman–Crippen MR) is 111 cm³/mol. The second-order valence-corrected chi connectivity index (χ2v) is 8.98. The molecule has 0 saturated carbocycles. The van der Waals surface area contributed by atoms with E-state index in [0.29, 0.717) is 24.1 Å². The Morgan fingerprint density at radius 3 is 2.46 bits per heavy atom. The van der Waals surface area contributed by atoms with Crippen LogP contribution in [0.15, 0.2) is 4.99 Å². The summed E-state index contributed by atoms with van der Waals surface area (Å²) in [5.41, 5.74) is 0. The van der Waals surface area contributed by atoms with Crippen LogP contribution in [0.4, 0.5) is 0 Å². The number of halogens is 1. The highest BCUT2D eigenvalue weighted by atomic mass is 127. The molecule has 0 radical (unpaired) electrons. The molecule has 6 nitrogen and oxygen atoms in total. The van der Waals surface area contributed by atoms with E-state index in [9.17, 15) is 8.42 Å². The maximum atomic E-state index is 11.5. The van der Waals surface area contributed by atoms with Gasteiger partial charge in [-0.25, -0.2) is 8.42 Å². The number of guanidine groups is 1. The van der Waals surface area contributed by atoms with Crippen molar-refractivity contribution in [3.05, 3.63) is 0 Å². The maximum absolute atomic E-state index is 11.5. The number of nitrogens with one attached hydrogen (secondary N) is 2. The lowest BCUT2D eigenvalue weighted by molar-refractivity contribution is 0.206. The molecule has 2 aliphatic rings. The fourth-order valence-electron chi connectivity index (χ4n) is 3.37. The van der Waals surface area contributed by atoms with Crippen molar-refractivity contribution in [1.29, 1.82) is 0 Å². The smallest absolute Gasteiger partial charge is 0.191 e. The summed E-state index contributed by atoms with van der Waals surface area (Å²) in [6.45, 7) is 9.19. The van der Waals surface area contributed by atoms with Gasteiger partial charge in [-0.15, -0.1) is 24.0 Å². The largest absolute Gasteiger partial charge is 0.357 e. The molecule has 0 aromatic heterocycles. The Bertz CT molecular complexity index is 490. The average molecular weight is 472 g/mol. The molecule has 24 heavy (non-hydrogen) atoms. The van der Waals surface area contributed by atoms with E-state index >= 15 is 0 Å². The van der Waals surface area contributed by atoms with Gasteiger partial charge in [-0.2, -0.15) is 0 Å². The predicted octanol–water partition coefficient (Wildman–Crippen LogP) is 1.47. The highest BCUT2D eigenvalue weighted by molar-refractivity contribution is 14.0. The van der Waals surface area contributed by atoms with E-state index in [1.54, 1.807) is 0 Å². The summed E-state index contributed by atoms with van der Waals surface area (Å²) in [5.74, 6) is 1.64. The number of rotatable bonds is 6. The first-order valence-electron chi connectivity index (χ1n) is 9.00. The molecule has 0 amide bonds. The van der Waals surface area contributed by atoms with E-state index in [1.807, 2.05) is 0 Å². The number of hydrogen-bond acceptors (Lipinski definition) is 4. The zero-order valence-electron chi connectivity index (χ0n) is 15.0. The Balaban J connectivity index is 0.00000288. The van der Waals surface area contributed by atoms with Crippen LogP contribution in [0.5, 0.6) is 0 Å². The fourth-order valence-corrected chi connectivity index (χ4v) is 5.22. The lowest BCUT2D eigenvalue weighted by atomic mass is 10.1. The van der Waals surface area contributed by atoms with Gasteiger partial charge >= 0.3 is 0 Å². The van der Waals surface area contributed by atoms with Gasteiger partial charge in [-0.3, -0.25) is 4.99 Å². The van der Waals surface area contributed by atoms with E-state index in [2.05, 4.69) is 34.4 Å². The van der Waals surface area contributed by atoms with Gasteiger partial charge in [0.05, 0.1) is 11.5 Å². The number of likely N-dealkylation sites (tertiary alicyclic amines) is 1. The molecule has 0 aromatic carbocycles. The van der Waals surface area contributed by atoms with Gasteiger partial charge in [0, 0.05) is 32.2 Å². The van der Waals surface area contributed by atoms with Crippen LogP contribution in [0.1, 0.15) is 39.5 Å². The summed E-state index contributed by atoms with van der Waals surface area (Å²) in [6.07, 6.45) is 4.25. The average Bonchev–Trinajstić information content (AvgIpc) is 2.87. The number of piperidine rings is 1. The van der Waals surface area contributed by atoms with E-state index < -0.39 is 9.84 Å². The molecule has 142 valence electrons. The monoisotopic (exact) mass is 472 g/mol. The van der Waals surface area contributed by atoms with Crippen molar-refractivity contribution in [2.75, 3.05) is 44.2 Å². The highest BCUT2D eigenvalue weighted by Crippen LogP contribution is 2.18. The third-order valence-electron chi connectivity index (χ3n) is 4.65. The minimum Gasteiger partial charge on any atom is -0.357 e. The minimum atomic E-state index is -2.81. The standard InChI is InChI=1S/C16H32N4O2S.HI/c1-3-8-20-9-5-15(6-10-20)19-16(17-4-2)18-12-14-7-11-23(21,22)13-14;/h14-15H,3-13H2,1-2H3,(H2,17,18,19);1H. The Morgan fingerprint density at radius 2 is 1.92 bits per heavy atom. The summed E-state index contributed by atoms with van der Waals surface area (Å²) in [4.78, 5) is 7.15. The molecule has 2 aliphatic heterocycles. The number of nitrogens with zero attached hydrogens (tertiary/aromatic N) is 2. The molecular weight excluding hydrogens is 439 g/mol. The van der Waals surface area contributed by atoms with Crippen molar-refractivity contribution in [2.45, 2.75) is 45.6 Å². The van der Waals surface area contributed by atoms with Crippen molar-refractivity contribution >= 4 is 39.8 Å². The molecule has 0 bridgehead atoms. The zero-order chi connectivity index (χ0) is 16.7. The molecule has 2 heterocycles. The topological polar surface area (TPSA) is 73.8 Å². The van der Waals surface area contributed by atoms with Gasteiger partial charge in [-0.05, 0) is 45.1 Å². The third kappa shape index (κ3) is 7.43. The molecule has 0 aromatic rings. The molecule has 2 saturated heterocycles. The van der Waals surface area contributed by atoms with E-state index in [4.69, 9.17) is 0 Å². The van der Waals surface area contributed by atoms with Crippen LogP contribution in [0.3, 0.4) is 0 Å². The Labute approximate surface area is 164 Å². The molecular formula is C16H33IN4O2S. The van der Waals surface area contributed by atoms with Crippen LogP contribution < -0.4 is 10.6 Å². The number of hydrogen-bond donors (Lipinski definition) is 2. The van der Waals surface area contributed by atoms with Crippen LogP contribution in [0.25, 0.3) is 0 Å². The molecule has 8 heteroatoms. The van der Waals surface area contributed by atoms with Crippen LogP contribution in [0, 0.1) is 5.92 Å². The van der Waals surface area contributed by atoms with E-state index in [0.717, 1.165) is 44.9 Å². The summed E-state index contributed by atoms with van der Waals surface area (Å²) < 4.78 is 23.1. The van der Waals surface area contributed by atoms with Crippen molar-refractivity contribution in [2.24, 2.45) is 10.9 Å². The molecule has 1 atom stereocenters. The SMILES string of the molecule is CCCN1CCC(NC(=NCC2CCS(=O)(=O)C2)NCC)CC1.I. The first-order valence-corrected chi connectivity index (χ1v) is 10.8. The lowest BCUT2D eigenvalue weighted by Crippen LogP contribution is -2.48.